The Morgan fingerprint density at radius 3 is 2.57 bits per heavy atom. The lowest BCUT2D eigenvalue weighted by molar-refractivity contribution is -0.117. The van der Waals surface area contributed by atoms with Crippen molar-refractivity contribution in [2.45, 2.75) is 30.8 Å². The maximum atomic E-state index is 13.3. The highest BCUT2D eigenvalue weighted by Gasteiger charge is 2.29. The van der Waals surface area contributed by atoms with Gasteiger partial charge in [0.15, 0.2) is 0 Å². The molecule has 3 aromatic rings. The van der Waals surface area contributed by atoms with Crippen LogP contribution in [0.4, 0.5) is 10.2 Å². The van der Waals surface area contributed by atoms with Crippen LogP contribution in [0.1, 0.15) is 36.1 Å². The van der Waals surface area contributed by atoms with E-state index in [0.29, 0.717) is 35.1 Å². The minimum Gasteiger partial charge on any atom is -0.310 e. The predicted molar refractivity (Wildman–Crippen MR) is 107 cm³/mol. The average Bonchev–Trinajstić information content (AvgIpc) is 3.21. The van der Waals surface area contributed by atoms with Crippen molar-refractivity contribution in [3.63, 3.8) is 0 Å². The van der Waals surface area contributed by atoms with Crippen LogP contribution >= 0.6 is 0 Å². The summed E-state index contributed by atoms with van der Waals surface area (Å²) in [6.07, 6.45) is 0.647. The van der Waals surface area contributed by atoms with Crippen LogP contribution in [0, 0.1) is 5.82 Å². The molecule has 0 aliphatic carbocycles. The zero-order valence-corrected chi connectivity index (χ0v) is 16.2. The van der Waals surface area contributed by atoms with Crippen LogP contribution < -0.4 is 5.32 Å². The number of anilines is 1. The zero-order chi connectivity index (χ0) is 19.7. The van der Waals surface area contributed by atoms with E-state index < -0.39 is 10.8 Å². The van der Waals surface area contributed by atoms with E-state index in [1.165, 1.54) is 12.1 Å². The van der Waals surface area contributed by atoms with Gasteiger partial charge in [0, 0.05) is 16.4 Å². The number of nitrogens with zero attached hydrogens (tertiary/aromatic N) is 2. The summed E-state index contributed by atoms with van der Waals surface area (Å²) in [6.45, 7) is 1.97. The molecule has 7 heteroatoms. The van der Waals surface area contributed by atoms with Crippen LogP contribution in [0.15, 0.2) is 54.6 Å². The van der Waals surface area contributed by atoms with Crippen LogP contribution in [-0.4, -0.2) is 19.9 Å². The second-order valence-electron chi connectivity index (χ2n) is 6.75. The summed E-state index contributed by atoms with van der Waals surface area (Å²) in [5.74, 6) is 0.450. The molecule has 2 atom stereocenters. The molecule has 4 rings (SSSR count). The van der Waals surface area contributed by atoms with Gasteiger partial charge >= 0.3 is 0 Å². The van der Waals surface area contributed by atoms with Gasteiger partial charge in [0.05, 0.1) is 28.8 Å². The fourth-order valence-electron chi connectivity index (χ4n) is 3.49. The first kappa shape index (κ1) is 18.6. The maximum Gasteiger partial charge on any atom is 0.233 e. The lowest BCUT2D eigenvalue weighted by atomic mass is 9.95. The van der Waals surface area contributed by atoms with Gasteiger partial charge in [0.25, 0.3) is 0 Å². The maximum absolute atomic E-state index is 13.3. The number of hydrogen-bond acceptors (Lipinski definition) is 3. The van der Waals surface area contributed by atoms with E-state index in [-0.39, 0.29) is 17.6 Å². The van der Waals surface area contributed by atoms with Crippen LogP contribution in [0.3, 0.4) is 0 Å². The highest BCUT2D eigenvalue weighted by molar-refractivity contribution is 7.83. The van der Waals surface area contributed by atoms with E-state index in [9.17, 15) is 13.4 Å². The van der Waals surface area contributed by atoms with Crippen molar-refractivity contribution in [2.24, 2.45) is 0 Å². The third kappa shape index (κ3) is 3.49. The summed E-state index contributed by atoms with van der Waals surface area (Å²) in [6, 6.07) is 15.5. The van der Waals surface area contributed by atoms with Crippen LogP contribution in [0.25, 0.3) is 5.69 Å². The van der Waals surface area contributed by atoms with Crippen molar-refractivity contribution in [3.05, 3.63) is 77.2 Å². The van der Waals surface area contributed by atoms with Gasteiger partial charge in [-0.2, -0.15) is 5.10 Å². The van der Waals surface area contributed by atoms with Crippen LogP contribution in [0.2, 0.25) is 0 Å². The van der Waals surface area contributed by atoms with E-state index in [1.807, 2.05) is 37.3 Å². The summed E-state index contributed by atoms with van der Waals surface area (Å²) in [4.78, 5) is 13.1. The number of hydrogen-bond donors (Lipinski definition) is 1. The highest BCUT2D eigenvalue weighted by atomic mass is 32.2. The number of halogens is 1. The van der Waals surface area contributed by atoms with Gasteiger partial charge in [-0.1, -0.05) is 37.3 Å². The van der Waals surface area contributed by atoms with Crippen molar-refractivity contribution in [1.82, 2.24) is 9.78 Å². The Labute approximate surface area is 165 Å². The molecule has 0 saturated heterocycles. The summed E-state index contributed by atoms with van der Waals surface area (Å²) in [7, 11) is -1.02. The lowest BCUT2D eigenvalue weighted by Gasteiger charge is -2.17. The quantitative estimate of drug-likeness (QED) is 0.710. The van der Waals surface area contributed by atoms with E-state index in [0.717, 1.165) is 11.1 Å². The normalized spacial score (nSPS) is 16.6. The molecular weight excluding hydrogens is 377 g/mol. The largest absolute Gasteiger partial charge is 0.310 e. The molecule has 0 saturated carbocycles. The standard InChI is InChI=1S/C21H20FN3O2S/c1-2-17(14-6-4-3-5-7-14)21(26)23-20-18-12-28(27)13-19(18)24-25(20)16-10-8-15(22)9-11-16/h3-11,17H,2,12-13H2,1H3,(H,23,26). The van der Waals surface area contributed by atoms with Gasteiger partial charge < -0.3 is 5.32 Å². The molecule has 1 N–H and O–H groups in total. The Hall–Kier alpha value is -2.80. The van der Waals surface area contributed by atoms with E-state index >= 15 is 0 Å². The summed E-state index contributed by atoms with van der Waals surface area (Å²) < 4.78 is 26.9. The molecule has 0 bridgehead atoms. The zero-order valence-electron chi connectivity index (χ0n) is 15.4. The van der Waals surface area contributed by atoms with E-state index in [2.05, 4.69) is 10.4 Å². The third-order valence-corrected chi connectivity index (χ3v) is 6.12. The van der Waals surface area contributed by atoms with Crippen LogP contribution in [-0.2, 0) is 27.1 Å². The number of nitrogens with one attached hydrogen (secondary N) is 1. The van der Waals surface area contributed by atoms with Gasteiger partial charge in [-0.25, -0.2) is 9.07 Å². The molecule has 28 heavy (non-hydrogen) atoms. The van der Waals surface area contributed by atoms with Gasteiger partial charge in [-0.3, -0.25) is 9.00 Å². The Morgan fingerprint density at radius 2 is 1.89 bits per heavy atom. The van der Waals surface area contributed by atoms with Crippen molar-refractivity contribution in [2.75, 3.05) is 5.32 Å². The molecule has 0 spiro atoms. The molecule has 2 heterocycles. The van der Waals surface area contributed by atoms with Crippen LogP contribution in [0.5, 0.6) is 0 Å². The molecule has 2 unspecified atom stereocenters. The number of fused-ring (bicyclic) bond motifs is 1. The number of carbonyl (C=O) groups is 1. The van der Waals surface area contributed by atoms with E-state index in [4.69, 9.17) is 0 Å². The van der Waals surface area contributed by atoms with Gasteiger partial charge in [-0.05, 0) is 36.2 Å². The monoisotopic (exact) mass is 397 g/mol. The summed E-state index contributed by atoms with van der Waals surface area (Å²) >= 11 is 0. The molecule has 1 amide bonds. The minimum absolute atomic E-state index is 0.141. The van der Waals surface area contributed by atoms with Gasteiger partial charge in [0.2, 0.25) is 5.91 Å². The Balaban J connectivity index is 1.71. The van der Waals surface area contributed by atoms with Gasteiger partial charge in [0.1, 0.15) is 11.6 Å². The van der Waals surface area contributed by atoms with Gasteiger partial charge in [-0.15, -0.1) is 0 Å². The van der Waals surface area contributed by atoms with Crippen molar-refractivity contribution >= 4 is 22.5 Å². The average molecular weight is 397 g/mol. The fourth-order valence-corrected chi connectivity index (χ4v) is 4.75. The Bertz CT molecular complexity index is 1030. The second kappa shape index (κ2) is 7.67. The molecular formula is C21H20FN3O2S. The smallest absolute Gasteiger partial charge is 0.233 e. The Kier molecular flexibility index (Phi) is 5.09. The number of amides is 1. The predicted octanol–water partition coefficient (Wildman–Crippen LogP) is 3.91. The molecule has 1 aromatic heterocycles. The molecule has 0 fully saturated rings. The molecule has 1 aliphatic rings. The third-order valence-electron chi connectivity index (χ3n) is 4.91. The number of carbonyl (C=O) groups excluding carboxylic acids is 1. The van der Waals surface area contributed by atoms with E-state index in [1.54, 1.807) is 16.8 Å². The number of rotatable bonds is 5. The van der Waals surface area contributed by atoms with Crippen molar-refractivity contribution in [1.29, 1.82) is 0 Å². The molecule has 2 aromatic carbocycles. The highest BCUT2D eigenvalue weighted by Crippen LogP contribution is 2.32. The number of benzene rings is 2. The molecule has 5 nitrogen and oxygen atoms in total. The molecule has 144 valence electrons. The second-order valence-corrected chi connectivity index (χ2v) is 8.21. The SMILES string of the molecule is CCC(C(=O)Nc1c2c(nn1-c1ccc(F)cc1)CS(=O)C2)c1ccccc1. The topological polar surface area (TPSA) is 64.0 Å². The first-order valence-electron chi connectivity index (χ1n) is 9.14. The molecule has 1 aliphatic heterocycles. The lowest BCUT2D eigenvalue weighted by Crippen LogP contribution is -2.23. The summed E-state index contributed by atoms with van der Waals surface area (Å²) in [5, 5.41) is 7.55. The van der Waals surface area contributed by atoms with Crippen molar-refractivity contribution in [3.8, 4) is 5.69 Å². The minimum atomic E-state index is -1.02. The Morgan fingerprint density at radius 1 is 1.18 bits per heavy atom. The van der Waals surface area contributed by atoms with Crippen molar-refractivity contribution < 1.29 is 13.4 Å². The fraction of sp³-hybridized carbons (Fsp3) is 0.238. The summed E-state index contributed by atoms with van der Waals surface area (Å²) in [5.41, 5.74) is 3.09. The molecule has 0 radical (unpaired) electrons. The first-order valence-corrected chi connectivity index (χ1v) is 10.6. The first-order chi connectivity index (χ1) is 13.6. The number of aromatic nitrogens is 2.